The summed E-state index contributed by atoms with van der Waals surface area (Å²) in [5.41, 5.74) is 3.07. The molecule has 0 aromatic rings. The smallest absolute Gasteiger partial charge is 0.100 e. The highest BCUT2D eigenvalue weighted by atomic mass is 16.3. The maximum Gasteiger partial charge on any atom is 0.100 e. The van der Waals surface area contributed by atoms with E-state index in [0.29, 0.717) is 6.54 Å². The Hall–Kier alpha value is -0.200. The first-order chi connectivity index (χ1) is 9.20. The van der Waals surface area contributed by atoms with Gasteiger partial charge in [-0.3, -0.25) is 5.43 Å². The van der Waals surface area contributed by atoms with Crippen molar-refractivity contribution in [3.05, 3.63) is 0 Å². The van der Waals surface area contributed by atoms with Crippen LogP contribution in [0.5, 0.6) is 0 Å². The van der Waals surface area contributed by atoms with E-state index in [1.165, 1.54) is 38.5 Å². The summed E-state index contributed by atoms with van der Waals surface area (Å²) < 4.78 is 0. The second-order valence-corrected chi connectivity index (χ2v) is 5.48. The van der Waals surface area contributed by atoms with Crippen LogP contribution in [-0.4, -0.2) is 58.3 Å². The molecule has 1 saturated heterocycles. The van der Waals surface area contributed by atoms with Crippen LogP contribution in [0.1, 0.15) is 51.9 Å². The average molecular weight is 274 g/mol. The number of rotatable bonds is 9. The lowest BCUT2D eigenvalue weighted by Gasteiger charge is -2.41. The molecule has 1 aliphatic heterocycles. The van der Waals surface area contributed by atoms with Crippen molar-refractivity contribution >= 4 is 0 Å². The molecule has 19 heavy (non-hydrogen) atoms. The molecule has 3 atom stereocenters. The summed E-state index contributed by atoms with van der Waals surface area (Å²) in [6.07, 6.45) is 7.05. The van der Waals surface area contributed by atoms with Crippen molar-refractivity contribution in [1.29, 1.82) is 0 Å². The number of hydrazine groups is 1. The number of hydrogen-bond acceptors (Lipinski definition) is 5. The molecule has 114 valence electrons. The molecule has 0 radical (unpaired) electrons. The fourth-order valence-corrected chi connectivity index (χ4v) is 2.58. The van der Waals surface area contributed by atoms with Crippen molar-refractivity contribution in [2.45, 2.75) is 70.1 Å². The molecule has 0 bridgehead atoms. The molecule has 1 heterocycles. The number of aliphatic hydroxyl groups excluding tert-OH is 3. The molecule has 0 spiro atoms. The van der Waals surface area contributed by atoms with Gasteiger partial charge in [-0.05, 0) is 6.42 Å². The van der Waals surface area contributed by atoms with Crippen LogP contribution in [0.15, 0.2) is 0 Å². The number of nitrogens with one attached hydrogen (secondary N) is 1. The third-order valence-corrected chi connectivity index (χ3v) is 3.88. The Kier molecular flexibility index (Phi) is 8.57. The quantitative estimate of drug-likeness (QED) is 0.464. The van der Waals surface area contributed by atoms with Gasteiger partial charge in [0.2, 0.25) is 0 Å². The Morgan fingerprint density at radius 3 is 2.32 bits per heavy atom. The second-order valence-electron chi connectivity index (χ2n) is 5.48. The van der Waals surface area contributed by atoms with Gasteiger partial charge in [-0.2, -0.15) is 0 Å². The zero-order chi connectivity index (χ0) is 14.1. The summed E-state index contributed by atoms with van der Waals surface area (Å²) >= 11 is 0. The lowest BCUT2D eigenvalue weighted by molar-refractivity contribution is -0.108. The number of unbranched alkanes of at least 4 members (excludes halogenated alkanes) is 6. The Morgan fingerprint density at radius 1 is 1.05 bits per heavy atom. The molecule has 1 fully saturated rings. The molecule has 1 aliphatic rings. The Balaban J connectivity index is 2.14. The van der Waals surface area contributed by atoms with Gasteiger partial charge in [0.15, 0.2) is 0 Å². The van der Waals surface area contributed by atoms with Crippen LogP contribution < -0.4 is 5.43 Å². The molecule has 5 nitrogen and oxygen atoms in total. The van der Waals surface area contributed by atoms with Gasteiger partial charge in [0.05, 0.1) is 18.8 Å². The van der Waals surface area contributed by atoms with Gasteiger partial charge in [-0.15, -0.1) is 0 Å². The number of aliphatic hydroxyl groups is 3. The van der Waals surface area contributed by atoms with Crippen molar-refractivity contribution in [1.82, 2.24) is 10.4 Å². The predicted molar refractivity (Wildman–Crippen MR) is 75.6 cm³/mol. The van der Waals surface area contributed by atoms with Gasteiger partial charge >= 0.3 is 0 Å². The largest absolute Gasteiger partial charge is 0.395 e. The maximum absolute atomic E-state index is 9.82. The monoisotopic (exact) mass is 274 g/mol. The minimum Gasteiger partial charge on any atom is -0.395 e. The van der Waals surface area contributed by atoms with Crippen LogP contribution in [-0.2, 0) is 0 Å². The van der Waals surface area contributed by atoms with Crippen molar-refractivity contribution < 1.29 is 15.3 Å². The van der Waals surface area contributed by atoms with E-state index in [-0.39, 0.29) is 6.61 Å². The summed E-state index contributed by atoms with van der Waals surface area (Å²) in [7, 11) is 0. The van der Waals surface area contributed by atoms with Crippen molar-refractivity contribution in [2.75, 3.05) is 19.7 Å². The molecular formula is C14H30N2O3. The molecule has 1 unspecified atom stereocenters. The molecule has 0 aliphatic carbocycles. The first-order valence-corrected chi connectivity index (χ1v) is 7.67. The topological polar surface area (TPSA) is 76.0 Å². The zero-order valence-corrected chi connectivity index (χ0v) is 12.1. The van der Waals surface area contributed by atoms with Gasteiger partial charge in [0, 0.05) is 13.1 Å². The van der Waals surface area contributed by atoms with Gasteiger partial charge in [-0.1, -0.05) is 45.4 Å². The Morgan fingerprint density at radius 2 is 1.68 bits per heavy atom. The van der Waals surface area contributed by atoms with Crippen LogP contribution in [0.2, 0.25) is 0 Å². The van der Waals surface area contributed by atoms with Gasteiger partial charge in [0.1, 0.15) is 6.10 Å². The third kappa shape index (κ3) is 5.75. The van der Waals surface area contributed by atoms with E-state index in [0.717, 1.165) is 13.0 Å². The van der Waals surface area contributed by atoms with Crippen molar-refractivity contribution in [2.24, 2.45) is 0 Å². The maximum atomic E-state index is 9.82. The molecule has 0 saturated carbocycles. The van der Waals surface area contributed by atoms with E-state index >= 15 is 0 Å². The van der Waals surface area contributed by atoms with E-state index in [1.807, 2.05) is 5.01 Å². The third-order valence-electron chi connectivity index (χ3n) is 3.88. The minimum absolute atomic E-state index is 0.137. The lowest BCUT2D eigenvalue weighted by Crippen LogP contribution is -2.64. The van der Waals surface area contributed by atoms with Crippen LogP contribution in [0.3, 0.4) is 0 Å². The summed E-state index contributed by atoms with van der Waals surface area (Å²) in [6, 6.07) is -0.399. The van der Waals surface area contributed by atoms with E-state index in [9.17, 15) is 15.3 Å². The summed E-state index contributed by atoms with van der Waals surface area (Å²) in [5, 5.41) is 30.5. The van der Waals surface area contributed by atoms with Gasteiger partial charge < -0.3 is 15.3 Å². The second kappa shape index (κ2) is 9.66. The summed E-state index contributed by atoms with van der Waals surface area (Å²) in [4.78, 5) is 0. The van der Waals surface area contributed by atoms with Crippen LogP contribution >= 0.6 is 0 Å². The zero-order valence-electron chi connectivity index (χ0n) is 12.1. The van der Waals surface area contributed by atoms with E-state index in [1.54, 1.807) is 0 Å². The fraction of sp³-hybridized carbons (Fsp3) is 1.00. The molecule has 0 amide bonds. The average Bonchev–Trinajstić information content (AvgIpc) is 2.42. The van der Waals surface area contributed by atoms with Crippen LogP contribution in [0.25, 0.3) is 0 Å². The number of nitrogens with zero attached hydrogens (tertiary/aromatic N) is 1. The number of hydrogen-bond donors (Lipinski definition) is 4. The molecular weight excluding hydrogens is 244 g/mol. The highest BCUT2D eigenvalue weighted by Crippen LogP contribution is 2.13. The van der Waals surface area contributed by atoms with E-state index in [4.69, 9.17) is 0 Å². The fourth-order valence-electron chi connectivity index (χ4n) is 2.58. The first kappa shape index (κ1) is 16.9. The van der Waals surface area contributed by atoms with E-state index < -0.39 is 18.2 Å². The van der Waals surface area contributed by atoms with Gasteiger partial charge in [0.25, 0.3) is 0 Å². The molecule has 0 aromatic carbocycles. The SMILES string of the molecule is CCCCCCCCCN1NC[C@@H](O)[C@H](O)C1CO. The molecule has 4 N–H and O–H groups in total. The van der Waals surface area contributed by atoms with Crippen molar-refractivity contribution in [3.8, 4) is 0 Å². The highest BCUT2D eigenvalue weighted by Gasteiger charge is 2.35. The molecule has 5 heteroatoms. The number of β-amino-alcohol motifs (C(OH)–C–C–N with tert-alkyl or cyclic N) is 1. The summed E-state index contributed by atoms with van der Waals surface area (Å²) in [6.45, 7) is 3.25. The van der Waals surface area contributed by atoms with Crippen molar-refractivity contribution in [3.63, 3.8) is 0 Å². The highest BCUT2D eigenvalue weighted by molar-refractivity contribution is 4.87. The van der Waals surface area contributed by atoms with Crippen LogP contribution in [0.4, 0.5) is 0 Å². The van der Waals surface area contributed by atoms with Gasteiger partial charge in [-0.25, -0.2) is 5.01 Å². The van der Waals surface area contributed by atoms with Crippen LogP contribution in [0, 0.1) is 0 Å². The van der Waals surface area contributed by atoms with E-state index in [2.05, 4.69) is 12.3 Å². The standard InChI is InChI=1S/C14H30N2O3/c1-2-3-4-5-6-7-8-9-16-12(11-17)14(19)13(18)10-15-16/h12-15,17-19H,2-11H2,1H3/t12?,13-,14-/m1/s1. The molecule has 1 rings (SSSR count). The molecule has 0 aromatic heterocycles. The predicted octanol–water partition coefficient (Wildman–Crippen LogP) is 0.640. The lowest BCUT2D eigenvalue weighted by atomic mass is 10.0. The Bertz CT molecular complexity index is 229. The Labute approximate surface area is 116 Å². The summed E-state index contributed by atoms with van der Waals surface area (Å²) in [5.74, 6) is 0. The minimum atomic E-state index is -0.865. The first-order valence-electron chi connectivity index (χ1n) is 7.67. The normalized spacial score (nSPS) is 28.7.